The number of nitrogens with two attached hydrogens (primary N) is 1. The Morgan fingerprint density at radius 2 is 2.00 bits per heavy atom. The number of benzene rings is 1. The van der Waals surface area contributed by atoms with Crippen LogP contribution in [-0.2, 0) is 6.54 Å². The minimum Gasteiger partial charge on any atom is -0.355 e. The first kappa shape index (κ1) is 16.7. The molecule has 0 radical (unpaired) electrons. The molecule has 0 amide bonds. The average molecular weight is 352 g/mol. The average Bonchev–Trinajstić information content (AvgIpc) is 3.08. The third-order valence-electron chi connectivity index (χ3n) is 4.80. The molecule has 2 aromatic heterocycles. The largest absolute Gasteiger partial charge is 0.355 e. The van der Waals surface area contributed by atoms with Gasteiger partial charge in [-0.05, 0) is 37.1 Å². The van der Waals surface area contributed by atoms with E-state index in [0.717, 1.165) is 35.6 Å². The SMILES string of the molecule is CN(Cc1cnn(-c2ccc(F)cc2)c1)c1cc(C2CC(N)C2)ncn1. The molecule has 134 valence electrons. The first-order chi connectivity index (χ1) is 12.6. The monoisotopic (exact) mass is 352 g/mol. The van der Waals surface area contributed by atoms with Crippen LogP contribution in [0, 0.1) is 5.82 Å². The molecule has 1 saturated carbocycles. The summed E-state index contributed by atoms with van der Waals surface area (Å²) in [6.07, 6.45) is 7.35. The maximum absolute atomic E-state index is 13.1. The van der Waals surface area contributed by atoms with Gasteiger partial charge in [0, 0.05) is 49.1 Å². The van der Waals surface area contributed by atoms with Crippen LogP contribution in [-0.4, -0.2) is 32.8 Å². The van der Waals surface area contributed by atoms with Crippen molar-refractivity contribution < 1.29 is 4.39 Å². The van der Waals surface area contributed by atoms with Gasteiger partial charge in [0.25, 0.3) is 0 Å². The van der Waals surface area contributed by atoms with Crippen LogP contribution in [0.2, 0.25) is 0 Å². The van der Waals surface area contributed by atoms with Gasteiger partial charge >= 0.3 is 0 Å². The molecule has 0 atom stereocenters. The van der Waals surface area contributed by atoms with Gasteiger partial charge in [-0.25, -0.2) is 19.0 Å². The zero-order chi connectivity index (χ0) is 18.1. The molecular weight excluding hydrogens is 331 g/mol. The van der Waals surface area contributed by atoms with Crippen LogP contribution < -0.4 is 10.6 Å². The molecule has 0 saturated heterocycles. The van der Waals surface area contributed by atoms with Crippen molar-refractivity contribution in [2.75, 3.05) is 11.9 Å². The first-order valence-electron chi connectivity index (χ1n) is 8.66. The summed E-state index contributed by atoms with van der Waals surface area (Å²) in [5.41, 5.74) is 8.81. The van der Waals surface area contributed by atoms with Crippen LogP contribution >= 0.6 is 0 Å². The Balaban J connectivity index is 1.46. The van der Waals surface area contributed by atoms with E-state index in [1.807, 2.05) is 25.5 Å². The molecule has 2 N–H and O–H groups in total. The van der Waals surface area contributed by atoms with Gasteiger partial charge in [-0.15, -0.1) is 0 Å². The van der Waals surface area contributed by atoms with Gasteiger partial charge in [0.15, 0.2) is 0 Å². The Morgan fingerprint density at radius 3 is 2.73 bits per heavy atom. The van der Waals surface area contributed by atoms with Crippen molar-refractivity contribution in [1.82, 2.24) is 19.7 Å². The van der Waals surface area contributed by atoms with Crippen molar-refractivity contribution >= 4 is 5.82 Å². The molecule has 7 heteroatoms. The standard InChI is InChI=1S/C19H21FN6/c1-25(19-8-18(22-12-23-19)14-6-16(21)7-14)10-13-9-24-26(11-13)17-4-2-15(20)3-5-17/h2-5,8-9,11-12,14,16H,6-7,10,21H2,1H3. The lowest BCUT2D eigenvalue weighted by molar-refractivity contribution is 0.345. The highest BCUT2D eigenvalue weighted by molar-refractivity contribution is 5.40. The van der Waals surface area contributed by atoms with E-state index >= 15 is 0 Å². The number of aromatic nitrogens is 4. The minimum absolute atomic E-state index is 0.257. The van der Waals surface area contributed by atoms with Gasteiger partial charge in [-0.2, -0.15) is 5.10 Å². The maximum Gasteiger partial charge on any atom is 0.132 e. The van der Waals surface area contributed by atoms with E-state index < -0.39 is 0 Å². The van der Waals surface area contributed by atoms with Crippen LogP contribution in [0.4, 0.5) is 10.2 Å². The summed E-state index contributed by atoms with van der Waals surface area (Å²) in [5, 5.41) is 4.36. The molecule has 0 spiro atoms. The lowest BCUT2D eigenvalue weighted by Gasteiger charge is -2.32. The molecule has 4 rings (SSSR count). The van der Waals surface area contributed by atoms with Gasteiger partial charge in [-0.3, -0.25) is 0 Å². The summed E-state index contributed by atoms with van der Waals surface area (Å²) >= 11 is 0. The van der Waals surface area contributed by atoms with Gasteiger partial charge in [0.2, 0.25) is 0 Å². The van der Waals surface area contributed by atoms with Gasteiger partial charge < -0.3 is 10.6 Å². The summed E-state index contributed by atoms with van der Waals surface area (Å²) in [6.45, 7) is 0.668. The van der Waals surface area contributed by atoms with Crippen LogP contribution in [0.3, 0.4) is 0 Å². The molecule has 3 aromatic rings. The Kier molecular flexibility index (Phi) is 4.38. The van der Waals surface area contributed by atoms with Crippen molar-refractivity contribution in [3.05, 3.63) is 66.1 Å². The molecule has 2 heterocycles. The van der Waals surface area contributed by atoms with Crippen molar-refractivity contribution in [2.24, 2.45) is 5.73 Å². The summed E-state index contributed by atoms with van der Waals surface area (Å²) in [5.74, 6) is 1.07. The molecule has 26 heavy (non-hydrogen) atoms. The number of nitrogens with zero attached hydrogens (tertiary/aromatic N) is 5. The molecule has 0 aliphatic heterocycles. The molecular formula is C19H21FN6. The second kappa shape index (κ2) is 6.84. The number of halogens is 1. The van der Waals surface area contributed by atoms with E-state index in [1.54, 1.807) is 23.1 Å². The molecule has 1 aliphatic carbocycles. The lowest BCUT2D eigenvalue weighted by Crippen LogP contribution is -2.35. The fraction of sp³-hybridized carbons (Fsp3) is 0.316. The van der Waals surface area contributed by atoms with Gasteiger partial charge in [0.1, 0.15) is 18.0 Å². The van der Waals surface area contributed by atoms with Gasteiger partial charge in [-0.1, -0.05) is 0 Å². The smallest absolute Gasteiger partial charge is 0.132 e. The molecule has 0 bridgehead atoms. The third kappa shape index (κ3) is 3.43. The summed E-state index contributed by atoms with van der Waals surface area (Å²) in [7, 11) is 1.99. The zero-order valence-electron chi connectivity index (χ0n) is 14.6. The fourth-order valence-corrected chi connectivity index (χ4v) is 3.23. The fourth-order valence-electron chi connectivity index (χ4n) is 3.23. The van der Waals surface area contributed by atoms with Crippen LogP contribution in [0.25, 0.3) is 5.69 Å². The third-order valence-corrected chi connectivity index (χ3v) is 4.80. The molecule has 1 fully saturated rings. The Morgan fingerprint density at radius 1 is 1.23 bits per heavy atom. The first-order valence-corrected chi connectivity index (χ1v) is 8.66. The molecule has 1 aliphatic rings. The highest BCUT2D eigenvalue weighted by atomic mass is 19.1. The zero-order valence-corrected chi connectivity index (χ0v) is 14.6. The predicted octanol–water partition coefficient (Wildman–Crippen LogP) is 2.64. The lowest BCUT2D eigenvalue weighted by atomic mass is 9.78. The Hall–Kier alpha value is -2.80. The Labute approximate surface area is 151 Å². The van der Waals surface area contributed by atoms with E-state index in [2.05, 4.69) is 20.0 Å². The van der Waals surface area contributed by atoms with Crippen molar-refractivity contribution in [1.29, 1.82) is 0 Å². The van der Waals surface area contributed by atoms with Crippen molar-refractivity contribution in [3.63, 3.8) is 0 Å². The summed E-state index contributed by atoms with van der Waals surface area (Å²) in [6, 6.07) is 8.61. The van der Waals surface area contributed by atoms with E-state index in [0.29, 0.717) is 18.5 Å². The normalized spacial score (nSPS) is 19.2. The summed E-state index contributed by atoms with van der Waals surface area (Å²) < 4.78 is 14.8. The van der Waals surface area contributed by atoms with E-state index in [9.17, 15) is 4.39 Å². The molecule has 6 nitrogen and oxygen atoms in total. The maximum atomic E-state index is 13.1. The highest BCUT2D eigenvalue weighted by Gasteiger charge is 2.28. The minimum atomic E-state index is -0.257. The van der Waals surface area contributed by atoms with Gasteiger partial charge in [0.05, 0.1) is 11.9 Å². The molecule has 0 unspecified atom stereocenters. The van der Waals surface area contributed by atoms with E-state index in [-0.39, 0.29) is 5.82 Å². The second-order valence-corrected chi connectivity index (χ2v) is 6.86. The summed E-state index contributed by atoms with van der Waals surface area (Å²) in [4.78, 5) is 10.8. The van der Waals surface area contributed by atoms with Crippen molar-refractivity contribution in [2.45, 2.75) is 31.3 Å². The van der Waals surface area contributed by atoms with E-state index in [4.69, 9.17) is 5.73 Å². The van der Waals surface area contributed by atoms with Crippen LogP contribution in [0.1, 0.15) is 30.0 Å². The number of anilines is 1. The number of hydrogen-bond donors (Lipinski definition) is 1. The topological polar surface area (TPSA) is 72.9 Å². The van der Waals surface area contributed by atoms with E-state index in [1.165, 1.54) is 12.1 Å². The van der Waals surface area contributed by atoms with Crippen LogP contribution in [0.15, 0.2) is 49.1 Å². The predicted molar refractivity (Wildman–Crippen MR) is 97.6 cm³/mol. The second-order valence-electron chi connectivity index (χ2n) is 6.86. The Bertz CT molecular complexity index is 885. The highest BCUT2D eigenvalue weighted by Crippen LogP contribution is 2.35. The molecule has 1 aromatic carbocycles. The number of rotatable bonds is 5. The van der Waals surface area contributed by atoms with Crippen molar-refractivity contribution in [3.8, 4) is 5.69 Å². The van der Waals surface area contributed by atoms with Crippen LogP contribution in [0.5, 0.6) is 0 Å². The number of hydrogen-bond acceptors (Lipinski definition) is 5. The quantitative estimate of drug-likeness (QED) is 0.764.